The molecule has 0 heterocycles. The van der Waals surface area contributed by atoms with E-state index in [0.717, 1.165) is 30.2 Å². The van der Waals surface area contributed by atoms with Crippen LogP contribution < -0.4 is 5.32 Å². The number of nitrogens with one attached hydrogen (secondary N) is 1. The molecule has 0 aliphatic heterocycles. The summed E-state index contributed by atoms with van der Waals surface area (Å²) in [5, 5.41) is 3.40. The Bertz CT molecular complexity index is 830. The molecule has 6 heteroatoms. The quantitative estimate of drug-likeness (QED) is 0.272. The number of benzene rings is 2. The summed E-state index contributed by atoms with van der Waals surface area (Å²) in [6, 6.07) is 8.73. The summed E-state index contributed by atoms with van der Waals surface area (Å²) in [6.07, 6.45) is 1.94. The summed E-state index contributed by atoms with van der Waals surface area (Å²) in [6.45, 7) is 16.3. The third kappa shape index (κ3) is 9.02. The SMILES string of the molecule is CC(CNCC=Nc1c(C)cc(C)cc1C)=Nc1c(C)cc(C)cc1C.[Cl][Fe][Cl]. The molecule has 0 aromatic heterocycles. The molecule has 0 amide bonds. The van der Waals surface area contributed by atoms with Crippen molar-refractivity contribution in [3.63, 3.8) is 0 Å². The Morgan fingerprint density at radius 1 is 0.862 bits per heavy atom. The molecule has 0 atom stereocenters. The Morgan fingerprint density at radius 2 is 1.28 bits per heavy atom. The third-order valence-corrected chi connectivity index (χ3v) is 4.41. The van der Waals surface area contributed by atoms with Crippen molar-refractivity contribution in [1.29, 1.82) is 0 Å². The molecule has 3 nitrogen and oxygen atoms in total. The van der Waals surface area contributed by atoms with Gasteiger partial charge in [-0.05, 0) is 70.7 Å². The van der Waals surface area contributed by atoms with Gasteiger partial charge in [-0.1, -0.05) is 35.4 Å². The number of aryl methyl sites for hydroxylation is 6. The van der Waals surface area contributed by atoms with Crippen LogP contribution in [0.2, 0.25) is 0 Å². The topological polar surface area (TPSA) is 36.8 Å². The maximum absolute atomic E-state index is 4.80. The maximum atomic E-state index is 4.80. The molecule has 0 bridgehead atoms. The zero-order valence-corrected chi connectivity index (χ0v) is 20.9. The molecule has 29 heavy (non-hydrogen) atoms. The van der Waals surface area contributed by atoms with Gasteiger partial charge in [-0.2, -0.15) is 0 Å². The van der Waals surface area contributed by atoms with E-state index in [4.69, 9.17) is 25.2 Å². The van der Waals surface area contributed by atoms with Crippen LogP contribution in [0.4, 0.5) is 11.4 Å². The zero-order chi connectivity index (χ0) is 22.0. The molecule has 0 aliphatic carbocycles. The van der Waals surface area contributed by atoms with Gasteiger partial charge < -0.3 is 5.32 Å². The van der Waals surface area contributed by atoms with Crippen LogP contribution in [0.1, 0.15) is 40.3 Å². The van der Waals surface area contributed by atoms with Crippen molar-refractivity contribution >= 4 is 43.5 Å². The fourth-order valence-corrected chi connectivity index (χ4v) is 3.41. The number of aliphatic imine (C=N–C) groups is 2. The Balaban J connectivity index is 0.00000132. The van der Waals surface area contributed by atoms with E-state index in [2.05, 4.69) is 83.0 Å². The number of nitrogens with zero attached hydrogens (tertiary/aromatic N) is 2. The summed E-state index contributed by atoms with van der Waals surface area (Å²) in [4.78, 5) is 9.44. The molecule has 0 aliphatic rings. The molecule has 0 unspecified atom stereocenters. The van der Waals surface area contributed by atoms with Gasteiger partial charge in [0.15, 0.2) is 0 Å². The first-order valence-electron chi connectivity index (χ1n) is 9.47. The first-order chi connectivity index (χ1) is 13.7. The van der Waals surface area contributed by atoms with Crippen LogP contribution in [0, 0.1) is 41.5 Å². The molecule has 2 aromatic rings. The van der Waals surface area contributed by atoms with Crippen molar-refractivity contribution in [2.24, 2.45) is 9.98 Å². The fourth-order valence-electron chi connectivity index (χ4n) is 3.41. The van der Waals surface area contributed by atoms with Gasteiger partial charge in [-0.25, -0.2) is 0 Å². The minimum absolute atomic E-state index is 0.194. The average molecular weight is 476 g/mol. The van der Waals surface area contributed by atoms with Gasteiger partial charge in [0, 0.05) is 25.0 Å². The molecule has 2 rings (SSSR count). The summed E-state index contributed by atoms with van der Waals surface area (Å²) in [5.74, 6) is 0. The molecule has 0 spiro atoms. The Morgan fingerprint density at radius 3 is 1.72 bits per heavy atom. The van der Waals surface area contributed by atoms with Gasteiger partial charge in [0.1, 0.15) is 0 Å². The van der Waals surface area contributed by atoms with Gasteiger partial charge in [-0.3, -0.25) is 9.98 Å². The van der Waals surface area contributed by atoms with Crippen molar-refractivity contribution in [2.75, 3.05) is 13.1 Å². The molecule has 160 valence electrons. The molecule has 0 saturated carbocycles. The normalized spacial score (nSPS) is 11.7. The zero-order valence-electron chi connectivity index (χ0n) is 18.3. The van der Waals surface area contributed by atoms with E-state index in [1.807, 2.05) is 6.21 Å². The first-order valence-corrected chi connectivity index (χ1v) is 12.5. The number of rotatable bonds is 6. The van der Waals surface area contributed by atoms with Crippen LogP contribution >= 0.6 is 20.2 Å². The van der Waals surface area contributed by atoms with Crippen LogP contribution in [0.5, 0.6) is 0 Å². The Hall–Kier alpha value is -1.16. The second kappa shape index (κ2) is 13.2. The minimum atomic E-state index is 0.194. The second-order valence-electron chi connectivity index (χ2n) is 7.33. The molecular formula is C23H31Cl2FeN3. The number of halogens is 2. The Labute approximate surface area is 190 Å². The third-order valence-electron chi connectivity index (χ3n) is 4.41. The van der Waals surface area contributed by atoms with Crippen molar-refractivity contribution in [3.05, 3.63) is 57.6 Å². The Kier molecular flexibility index (Phi) is 11.8. The van der Waals surface area contributed by atoms with Gasteiger partial charge in [0.25, 0.3) is 0 Å². The predicted molar refractivity (Wildman–Crippen MR) is 127 cm³/mol. The monoisotopic (exact) mass is 475 g/mol. The average Bonchev–Trinajstić information content (AvgIpc) is 2.60. The van der Waals surface area contributed by atoms with Crippen molar-refractivity contribution in [2.45, 2.75) is 48.5 Å². The van der Waals surface area contributed by atoms with Crippen LogP contribution in [-0.2, 0) is 13.1 Å². The van der Waals surface area contributed by atoms with Crippen LogP contribution in [0.25, 0.3) is 0 Å². The van der Waals surface area contributed by atoms with E-state index < -0.39 is 0 Å². The molecule has 1 N–H and O–H groups in total. The van der Waals surface area contributed by atoms with E-state index in [-0.39, 0.29) is 13.1 Å². The molecule has 0 fully saturated rings. The molecular weight excluding hydrogens is 445 g/mol. The first kappa shape index (κ1) is 25.9. The molecule has 0 saturated heterocycles. The molecule has 0 radical (unpaired) electrons. The standard InChI is InChI=1S/C23H31N3.2ClH.Fe/c1-15-10-17(3)22(18(4)11-15)25-9-8-24-14-21(7)26-23-19(5)12-16(2)13-20(23)6;;;/h9-13,24H,8,14H2,1-7H3;2*1H;/q;;;+2/p-2. The van der Waals surface area contributed by atoms with Crippen molar-refractivity contribution in [1.82, 2.24) is 5.32 Å². The van der Waals surface area contributed by atoms with Crippen LogP contribution in [0.3, 0.4) is 0 Å². The van der Waals surface area contributed by atoms with E-state index >= 15 is 0 Å². The van der Waals surface area contributed by atoms with Crippen molar-refractivity contribution in [3.8, 4) is 0 Å². The van der Waals surface area contributed by atoms with Crippen molar-refractivity contribution < 1.29 is 13.1 Å². The fraction of sp³-hybridized carbons (Fsp3) is 0.391. The van der Waals surface area contributed by atoms with Gasteiger partial charge in [-0.15, -0.1) is 0 Å². The van der Waals surface area contributed by atoms with Crippen LogP contribution in [0.15, 0.2) is 34.3 Å². The van der Waals surface area contributed by atoms with E-state index in [0.29, 0.717) is 0 Å². The van der Waals surface area contributed by atoms with E-state index in [9.17, 15) is 0 Å². The van der Waals surface area contributed by atoms with E-state index in [1.54, 1.807) is 0 Å². The molecule has 2 aromatic carbocycles. The van der Waals surface area contributed by atoms with Gasteiger partial charge in [0.05, 0.1) is 11.4 Å². The van der Waals surface area contributed by atoms with E-state index in [1.165, 1.54) is 33.4 Å². The van der Waals surface area contributed by atoms with Gasteiger partial charge in [0.2, 0.25) is 0 Å². The summed E-state index contributed by atoms with van der Waals surface area (Å²) in [7, 11) is 9.53. The number of hydrogen-bond donors (Lipinski definition) is 1. The second-order valence-corrected chi connectivity index (χ2v) is 9.16. The summed E-state index contributed by atoms with van der Waals surface area (Å²) in [5.41, 5.74) is 10.7. The summed E-state index contributed by atoms with van der Waals surface area (Å²) >= 11 is 0.194. The van der Waals surface area contributed by atoms with Crippen LogP contribution in [-0.4, -0.2) is 25.0 Å². The predicted octanol–water partition coefficient (Wildman–Crippen LogP) is 7.00. The van der Waals surface area contributed by atoms with Gasteiger partial charge >= 0.3 is 33.3 Å². The summed E-state index contributed by atoms with van der Waals surface area (Å²) < 4.78 is 0. The number of hydrogen-bond acceptors (Lipinski definition) is 3.